The number of rotatable bonds is 8. The maximum Gasteiger partial charge on any atom is 0.306 e. The van der Waals surface area contributed by atoms with Crippen LogP contribution in [0.2, 0.25) is 0 Å². The molecule has 0 radical (unpaired) electrons. The Morgan fingerprint density at radius 1 is 1.32 bits per heavy atom. The van der Waals surface area contributed by atoms with E-state index < -0.39 is 23.5 Å². The Balaban J connectivity index is 2.13. The highest BCUT2D eigenvalue weighted by atomic mass is 16.6. The molecule has 1 heterocycles. The summed E-state index contributed by atoms with van der Waals surface area (Å²) < 4.78 is 10.7. The van der Waals surface area contributed by atoms with E-state index >= 15 is 0 Å². The molecular weight excluding hydrogens is 360 g/mol. The van der Waals surface area contributed by atoms with E-state index in [0.29, 0.717) is 17.9 Å². The van der Waals surface area contributed by atoms with Gasteiger partial charge in [0.2, 0.25) is 5.91 Å². The van der Waals surface area contributed by atoms with Gasteiger partial charge in [-0.25, -0.2) is 0 Å². The zero-order valence-electron chi connectivity index (χ0n) is 16.9. The maximum absolute atomic E-state index is 12.8. The summed E-state index contributed by atoms with van der Waals surface area (Å²) in [5, 5.41) is 0. The predicted molar refractivity (Wildman–Crippen MR) is 105 cm³/mol. The van der Waals surface area contributed by atoms with Gasteiger partial charge in [0.25, 0.3) is 5.91 Å². The Morgan fingerprint density at radius 2 is 2.00 bits per heavy atom. The number of carbonyl (C=O) groups excluding carboxylic acids is 3. The Bertz CT molecular complexity index is 794. The molecule has 1 aromatic carbocycles. The average Bonchev–Trinajstić information content (AvgIpc) is 2.89. The fraction of sp³-hybridized carbons (Fsp3) is 0.476. The minimum absolute atomic E-state index is 0.00258. The van der Waals surface area contributed by atoms with Crippen molar-refractivity contribution in [1.29, 1.82) is 0 Å². The lowest BCUT2D eigenvalue weighted by molar-refractivity contribution is -0.155. The summed E-state index contributed by atoms with van der Waals surface area (Å²) in [6.45, 7) is 11.8. The highest BCUT2D eigenvalue weighted by Crippen LogP contribution is 2.29. The zero-order chi connectivity index (χ0) is 21.1. The van der Waals surface area contributed by atoms with Gasteiger partial charge in [0.15, 0.2) is 0 Å². The smallest absolute Gasteiger partial charge is 0.306 e. The van der Waals surface area contributed by atoms with Gasteiger partial charge in [-0.3, -0.25) is 14.4 Å². The van der Waals surface area contributed by atoms with E-state index in [2.05, 4.69) is 6.58 Å². The normalized spacial score (nSPS) is 14.4. The molecule has 7 nitrogen and oxygen atoms in total. The maximum atomic E-state index is 12.8. The minimum atomic E-state index is -0.883. The summed E-state index contributed by atoms with van der Waals surface area (Å²) >= 11 is 0. The van der Waals surface area contributed by atoms with Crippen LogP contribution < -0.4 is 5.73 Å². The molecule has 1 aliphatic rings. The van der Waals surface area contributed by atoms with Crippen molar-refractivity contribution in [3.8, 4) is 0 Å². The van der Waals surface area contributed by atoms with Gasteiger partial charge >= 0.3 is 5.97 Å². The largest absolute Gasteiger partial charge is 0.494 e. The summed E-state index contributed by atoms with van der Waals surface area (Å²) in [7, 11) is 0. The molecule has 0 saturated carbocycles. The molecule has 2 rings (SSSR count). The first-order valence-electron chi connectivity index (χ1n) is 9.30. The van der Waals surface area contributed by atoms with Crippen molar-refractivity contribution in [2.24, 2.45) is 5.73 Å². The van der Waals surface area contributed by atoms with Crippen LogP contribution in [0.15, 0.2) is 24.8 Å². The SMILES string of the molecule is C=C(OCC)c1ccc2c(c1)CN(C(CCC(=O)OC(C)(C)C)C(N)=O)C2=O. The lowest BCUT2D eigenvalue weighted by Crippen LogP contribution is -2.45. The predicted octanol–water partition coefficient (Wildman–Crippen LogP) is 2.63. The molecular formula is C21H28N2O5. The van der Waals surface area contributed by atoms with Gasteiger partial charge < -0.3 is 20.1 Å². The van der Waals surface area contributed by atoms with Crippen molar-refractivity contribution < 1.29 is 23.9 Å². The van der Waals surface area contributed by atoms with E-state index in [1.165, 1.54) is 4.90 Å². The van der Waals surface area contributed by atoms with E-state index in [0.717, 1.165) is 11.1 Å². The fourth-order valence-corrected chi connectivity index (χ4v) is 3.12. The van der Waals surface area contributed by atoms with Crippen molar-refractivity contribution in [3.05, 3.63) is 41.5 Å². The summed E-state index contributed by atoms with van der Waals surface area (Å²) in [4.78, 5) is 38.1. The first-order valence-corrected chi connectivity index (χ1v) is 9.30. The Morgan fingerprint density at radius 3 is 2.57 bits per heavy atom. The lowest BCUT2D eigenvalue weighted by atomic mass is 10.1. The van der Waals surface area contributed by atoms with Crippen LogP contribution >= 0.6 is 0 Å². The summed E-state index contributed by atoms with van der Waals surface area (Å²) in [5.74, 6) is -0.842. The molecule has 152 valence electrons. The van der Waals surface area contributed by atoms with Gasteiger partial charge in [0.1, 0.15) is 17.4 Å². The number of nitrogens with two attached hydrogens (primary N) is 1. The molecule has 2 amide bonds. The number of primary amides is 1. The van der Waals surface area contributed by atoms with Crippen LogP contribution in [0, 0.1) is 0 Å². The van der Waals surface area contributed by atoms with Crippen molar-refractivity contribution >= 4 is 23.5 Å². The number of amides is 2. The van der Waals surface area contributed by atoms with Gasteiger partial charge in [0.05, 0.1) is 6.61 Å². The third kappa shape index (κ3) is 5.12. The molecule has 1 aromatic rings. The van der Waals surface area contributed by atoms with Crippen molar-refractivity contribution in [1.82, 2.24) is 4.90 Å². The van der Waals surface area contributed by atoms with Gasteiger partial charge in [-0.2, -0.15) is 0 Å². The Hall–Kier alpha value is -2.83. The number of carbonyl (C=O) groups is 3. The molecule has 0 spiro atoms. The number of ether oxygens (including phenoxy) is 2. The van der Waals surface area contributed by atoms with Crippen molar-refractivity contribution in [3.63, 3.8) is 0 Å². The fourth-order valence-electron chi connectivity index (χ4n) is 3.12. The third-order valence-electron chi connectivity index (χ3n) is 4.32. The summed E-state index contributed by atoms with van der Waals surface area (Å²) in [6.07, 6.45) is 0.111. The molecule has 1 atom stereocenters. The molecule has 0 saturated heterocycles. The molecule has 0 fully saturated rings. The van der Waals surface area contributed by atoms with Crippen LogP contribution in [-0.2, 0) is 25.6 Å². The van der Waals surface area contributed by atoms with E-state index in [9.17, 15) is 14.4 Å². The topological polar surface area (TPSA) is 98.9 Å². The zero-order valence-corrected chi connectivity index (χ0v) is 16.9. The van der Waals surface area contributed by atoms with Crippen molar-refractivity contribution in [2.75, 3.05) is 6.61 Å². The van der Waals surface area contributed by atoms with Gasteiger partial charge in [-0.1, -0.05) is 12.6 Å². The molecule has 0 bridgehead atoms. The lowest BCUT2D eigenvalue weighted by Gasteiger charge is -2.25. The van der Waals surface area contributed by atoms with Gasteiger partial charge in [-0.15, -0.1) is 0 Å². The quantitative estimate of drug-likeness (QED) is 0.545. The van der Waals surface area contributed by atoms with Crippen LogP contribution in [0.25, 0.3) is 5.76 Å². The van der Waals surface area contributed by atoms with E-state index in [-0.39, 0.29) is 25.3 Å². The Kier molecular flexibility index (Phi) is 6.48. The summed E-state index contributed by atoms with van der Waals surface area (Å²) in [6, 6.07) is 4.41. The van der Waals surface area contributed by atoms with Crippen LogP contribution in [0.3, 0.4) is 0 Å². The first kappa shape index (κ1) is 21.5. The number of hydrogen-bond acceptors (Lipinski definition) is 5. The van der Waals surface area contributed by atoms with Gasteiger partial charge in [-0.05, 0) is 51.8 Å². The number of benzene rings is 1. The number of hydrogen-bond donors (Lipinski definition) is 1. The highest BCUT2D eigenvalue weighted by molar-refractivity contribution is 6.01. The minimum Gasteiger partial charge on any atom is -0.494 e. The average molecular weight is 388 g/mol. The molecule has 2 N–H and O–H groups in total. The molecule has 0 aliphatic carbocycles. The molecule has 1 unspecified atom stereocenters. The Labute approximate surface area is 165 Å². The van der Waals surface area contributed by atoms with Crippen LogP contribution in [-0.4, -0.2) is 40.9 Å². The highest BCUT2D eigenvalue weighted by Gasteiger charge is 2.36. The number of esters is 1. The second-order valence-electron chi connectivity index (χ2n) is 7.70. The number of nitrogens with zero attached hydrogens (tertiary/aromatic N) is 1. The molecule has 0 aromatic heterocycles. The van der Waals surface area contributed by atoms with Crippen molar-refractivity contribution in [2.45, 2.75) is 58.7 Å². The molecule has 28 heavy (non-hydrogen) atoms. The van der Waals surface area contributed by atoms with E-state index in [4.69, 9.17) is 15.2 Å². The standard InChI is InChI=1S/C21H28N2O5/c1-6-27-13(2)14-7-8-16-15(11-14)12-23(20(16)26)17(19(22)25)9-10-18(24)28-21(3,4)5/h7-8,11,17H,2,6,9-10,12H2,1,3-5H3,(H2,22,25). The monoisotopic (exact) mass is 388 g/mol. The van der Waals surface area contributed by atoms with E-state index in [1.807, 2.05) is 13.0 Å². The third-order valence-corrected chi connectivity index (χ3v) is 4.32. The van der Waals surface area contributed by atoms with Crippen LogP contribution in [0.1, 0.15) is 62.0 Å². The first-order chi connectivity index (χ1) is 13.0. The second-order valence-corrected chi connectivity index (χ2v) is 7.70. The summed E-state index contributed by atoms with van der Waals surface area (Å²) in [5.41, 5.74) is 6.97. The second kappa shape index (κ2) is 8.46. The molecule has 1 aliphatic heterocycles. The van der Waals surface area contributed by atoms with Crippen LogP contribution in [0.4, 0.5) is 0 Å². The number of fused-ring (bicyclic) bond motifs is 1. The van der Waals surface area contributed by atoms with E-state index in [1.54, 1.807) is 32.9 Å². The van der Waals surface area contributed by atoms with Gasteiger partial charge in [0, 0.05) is 24.1 Å². The van der Waals surface area contributed by atoms with Crippen LogP contribution in [0.5, 0.6) is 0 Å². The molecule has 7 heteroatoms.